The molecule has 0 spiro atoms. The molecule has 1 aliphatic carbocycles. The first-order valence-corrected chi connectivity index (χ1v) is 10.0. The van der Waals surface area contributed by atoms with Gasteiger partial charge in [-0.2, -0.15) is 5.10 Å². The third kappa shape index (κ3) is 3.30. The lowest BCUT2D eigenvalue weighted by Gasteiger charge is -2.29. The SMILES string of the molecule is c1ccc2c(c1)cnn2CCc1nc(N2CCOCC2)nc2c1CCCC2. The predicted molar refractivity (Wildman–Crippen MR) is 105 cm³/mol. The minimum absolute atomic E-state index is 0.759. The zero-order valence-electron chi connectivity index (χ0n) is 15.6. The molecule has 1 aliphatic heterocycles. The first-order valence-electron chi connectivity index (χ1n) is 10.0. The molecule has 1 fully saturated rings. The van der Waals surface area contributed by atoms with Crippen molar-refractivity contribution in [3.8, 4) is 0 Å². The molecule has 0 saturated carbocycles. The average molecular weight is 363 g/mol. The van der Waals surface area contributed by atoms with Gasteiger partial charge in [0.25, 0.3) is 0 Å². The van der Waals surface area contributed by atoms with Crippen LogP contribution < -0.4 is 4.90 Å². The molecular formula is C21H25N5O. The Morgan fingerprint density at radius 3 is 2.78 bits per heavy atom. The molecule has 1 aromatic carbocycles. The number of hydrogen-bond acceptors (Lipinski definition) is 5. The molecule has 1 saturated heterocycles. The summed E-state index contributed by atoms with van der Waals surface area (Å²) < 4.78 is 7.59. The van der Waals surface area contributed by atoms with Crippen LogP contribution in [0.2, 0.25) is 0 Å². The van der Waals surface area contributed by atoms with Crippen LogP contribution in [-0.2, 0) is 30.5 Å². The minimum Gasteiger partial charge on any atom is -0.378 e. The highest BCUT2D eigenvalue weighted by atomic mass is 16.5. The van der Waals surface area contributed by atoms with Gasteiger partial charge in [-0.05, 0) is 37.3 Å². The summed E-state index contributed by atoms with van der Waals surface area (Å²) in [6, 6.07) is 8.38. The van der Waals surface area contributed by atoms with Gasteiger partial charge in [-0.3, -0.25) is 4.68 Å². The summed E-state index contributed by atoms with van der Waals surface area (Å²) >= 11 is 0. The Labute approximate surface area is 159 Å². The van der Waals surface area contributed by atoms with E-state index in [1.54, 1.807) is 0 Å². The van der Waals surface area contributed by atoms with Gasteiger partial charge in [0.15, 0.2) is 0 Å². The normalized spacial score (nSPS) is 17.3. The van der Waals surface area contributed by atoms with E-state index in [9.17, 15) is 0 Å². The second-order valence-corrected chi connectivity index (χ2v) is 7.38. The number of rotatable bonds is 4. The molecule has 0 atom stereocenters. The van der Waals surface area contributed by atoms with Crippen LogP contribution in [0.4, 0.5) is 5.95 Å². The second-order valence-electron chi connectivity index (χ2n) is 7.38. The molecule has 140 valence electrons. The molecule has 27 heavy (non-hydrogen) atoms. The average Bonchev–Trinajstić information content (AvgIpc) is 3.15. The minimum atomic E-state index is 0.759. The fourth-order valence-corrected chi connectivity index (χ4v) is 4.18. The molecule has 0 amide bonds. The largest absolute Gasteiger partial charge is 0.378 e. The van der Waals surface area contributed by atoms with Crippen molar-refractivity contribution in [2.45, 2.75) is 38.6 Å². The predicted octanol–water partition coefficient (Wildman–Crippen LogP) is 2.78. The first-order chi connectivity index (χ1) is 13.4. The quantitative estimate of drug-likeness (QED) is 0.713. The highest BCUT2D eigenvalue weighted by Gasteiger charge is 2.21. The van der Waals surface area contributed by atoms with E-state index >= 15 is 0 Å². The Morgan fingerprint density at radius 1 is 1.00 bits per heavy atom. The Morgan fingerprint density at radius 2 is 1.85 bits per heavy atom. The number of benzene rings is 1. The summed E-state index contributed by atoms with van der Waals surface area (Å²) in [4.78, 5) is 12.2. The molecule has 0 unspecified atom stereocenters. The Kier molecular flexibility index (Phi) is 4.49. The summed E-state index contributed by atoms with van der Waals surface area (Å²) in [5.41, 5.74) is 5.04. The van der Waals surface area contributed by atoms with E-state index in [1.807, 2.05) is 6.20 Å². The number of fused-ring (bicyclic) bond motifs is 2. The van der Waals surface area contributed by atoms with Crippen LogP contribution >= 0.6 is 0 Å². The van der Waals surface area contributed by atoms with E-state index in [4.69, 9.17) is 14.7 Å². The van der Waals surface area contributed by atoms with Crippen molar-refractivity contribution in [2.24, 2.45) is 0 Å². The van der Waals surface area contributed by atoms with Crippen LogP contribution in [0.15, 0.2) is 30.5 Å². The van der Waals surface area contributed by atoms with Crippen LogP contribution in [0.25, 0.3) is 10.9 Å². The van der Waals surface area contributed by atoms with Gasteiger partial charge >= 0.3 is 0 Å². The summed E-state index contributed by atoms with van der Waals surface area (Å²) in [5, 5.41) is 5.77. The van der Waals surface area contributed by atoms with Crippen LogP contribution in [0.1, 0.15) is 29.8 Å². The number of hydrogen-bond donors (Lipinski definition) is 0. The van der Waals surface area contributed by atoms with Gasteiger partial charge < -0.3 is 9.64 Å². The highest BCUT2D eigenvalue weighted by Crippen LogP contribution is 2.26. The van der Waals surface area contributed by atoms with E-state index < -0.39 is 0 Å². The molecule has 0 N–H and O–H groups in total. The van der Waals surface area contributed by atoms with Gasteiger partial charge in [-0.1, -0.05) is 18.2 Å². The van der Waals surface area contributed by atoms with Crippen LogP contribution in [-0.4, -0.2) is 46.1 Å². The zero-order valence-corrected chi connectivity index (χ0v) is 15.6. The van der Waals surface area contributed by atoms with Gasteiger partial charge in [-0.15, -0.1) is 0 Å². The maximum atomic E-state index is 5.49. The van der Waals surface area contributed by atoms with Crippen molar-refractivity contribution in [2.75, 3.05) is 31.2 Å². The Balaban J connectivity index is 1.45. The van der Waals surface area contributed by atoms with E-state index in [1.165, 1.54) is 40.7 Å². The molecule has 3 aromatic rings. The van der Waals surface area contributed by atoms with Gasteiger partial charge in [-0.25, -0.2) is 9.97 Å². The zero-order chi connectivity index (χ0) is 18.1. The van der Waals surface area contributed by atoms with Crippen LogP contribution in [0.3, 0.4) is 0 Å². The van der Waals surface area contributed by atoms with Crippen molar-refractivity contribution in [1.82, 2.24) is 19.7 Å². The number of morpholine rings is 1. The molecule has 0 radical (unpaired) electrons. The molecule has 5 rings (SSSR count). The third-order valence-electron chi connectivity index (χ3n) is 5.66. The molecule has 2 aliphatic rings. The Bertz CT molecular complexity index is 945. The smallest absolute Gasteiger partial charge is 0.225 e. The monoisotopic (exact) mass is 363 g/mol. The number of anilines is 1. The molecule has 3 heterocycles. The topological polar surface area (TPSA) is 56.1 Å². The maximum absolute atomic E-state index is 5.49. The fraction of sp³-hybridized carbons (Fsp3) is 0.476. The van der Waals surface area contributed by atoms with Gasteiger partial charge in [0.1, 0.15) is 0 Å². The van der Waals surface area contributed by atoms with Gasteiger partial charge in [0.2, 0.25) is 5.95 Å². The van der Waals surface area contributed by atoms with Crippen molar-refractivity contribution < 1.29 is 4.74 Å². The molecule has 0 bridgehead atoms. The lowest BCUT2D eigenvalue weighted by Crippen LogP contribution is -2.38. The van der Waals surface area contributed by atoms with Crippen molar-refractivity contribution >= 4 is 16.9 Å². The number of aryl methyl sites for hydroxylation is 3. The summed E-state index contributed by atoms with van der Waals surface area (Å²) in [5.74, 6) is 0.888. The van der Waals surface area contributed by atoms with E-state index in [2.05, 4.69) is 38.9 Å². The fourth-order valence-electron chi connectivity index (χ4n) is 4.18. The Hall–Kier alpha value is -2.47. The summed E-state index contributed by atoms with van der Waals surface area (Å²) in [6.45, 7) is 4.12. The van der Waals surface area contributed by atoms with E-state index in [-0.39, 0.29) is 0 Å². The van der Waals surface area contributed by atoms with Gasteiger partial charge in [0, 0.05) is 37.1 Å². The summed E-state index contributed by atoms with van der Waals surface area (Å²) in [7, 11) is 0. The lowest BCUT2D eigenvalue weighted by atomic mass is 9.93. The van der Waals surface area contributed by atoms with Crippen molar-refractivity contribution in [3.63, 3.8) is 0 Å². The summed E-state index contributed by atoms with van der Waals surface area (Å²) in [6.07, 6.45) is 7.50. The van der Waals surface area contributed by atoms with Crippen LogP contribution in [0, 0.1) is 0 Å². The lowest BCUT2D eigenvalue weighted by molar-refractivity contribution is 0.122. The standard InChI is InChI=1S/C21H25N5O/c1-4-8-20-16(5-1)15-22-26(20)10-9-19-17-6-2-3-7-18(17)23-21(24-19)25-11-13-27-14-12-25/h1,4-5,8,15H,2-3,6-7,9-14H2. The number of nitrogens with zero attached hydrogens (tertiary/aromatic N) is 5. The molecule has 6 nitrogen and oxygen atoms in total. The second kappa shape index (κ2) is 7.27. The molecular weight excluding hydrogens is 338 g/mol. The maximum Gasteiger partial charge on any atom is 0.225 e. The van der Waals surface area contributed by atoms with Crippen molar-refractivity contribution in [1.29, 1.82) is 0 Å². The van der Waals surface area contributed by atoms with Gasteiger partial charge in [0.05, 0.1) is 30.6 Å². The third-order valence-corrected chi connectivity index (χ3v) is 5.66. The van der Waals surface area contributed by atoms with Crippen molar-refractivity contribution in [3.05, 3.63) is 47.4 Å². The number of aromatic nitrogens is 4. The van der Waals surface area contributed by atoms with Crippen LogP contribution in [0.5, 0.6) is 0 Å². The van der Waals surface area contributed by atoms with E-state index in [0.29, 0.717) is 0 Å². The number of para-hydroxylation sites is 1. The first kappa shape index (κ1) is 16.7. The highest BCUT2D eigenvalue weighted by molar-refractivity contribution is 5.78. The molecule has 6 heteroatoms. The number of ether oxygens (including phenoxy) is 1. The van der Waals surface area contributed by atoms with E-state index in [0.717, 1.165) is 58.1 Å². The molecule has 2 aromatic heterocycles.